The molecule has 144 valence electrons. The van der Waals surface area contributed by atoms with E-state index in [4.69, 9.17) is 11.6 Å². The first kappa shape index (κ1) is 20.2. The third-order valence-corrected chi connectivity index (χ3v) is 5.44. The minimum atomic E-state index is -0.246. The first-order valence-electron chi connectivity index (χ1n) is 8.78. The molecule has 0 unspecified atom stereocenters. The molecule has 1 N–H and O–H groups in total. The Kier molecular flexibility index (Phi) is 6.90. The predicted octanol–water partition coefficient (Wildman–Crippen LogP) is 3.81. The first-order valence-corrected chi connectivity index (χ1v) is 10.1. The van der Waals surface area contributed by atoms with Crippen molar-refractivity contribution in [1.29, 1.82) is 0 Å². The van der Waals surface area contributed by atoms with E-state index in [1.807, 2.05) is 54.6 Å². The standard InChI is InChI=1S/C21H20ClN3O2S/c1-15-11-20(27)25(13-19(26)23-12-16-7-3-2-4-8-16)21(24-15)28-14-17-9-5-6-10-18(17)22/h2-11H,12-14H2,1H3,(H,23,26). The number of hydrogen-bond donors (Lipinski definition) is 1. The Bertz CT molecular complexity index is 1020. The summed E-state index contributed by atoms with van der Waals surface area (Å²) in [7, 11) is 0. The molecule has 5 nitrogen and oxygen atoms in total. The second-order valence-electron chi connectivity index (χ2n) is 6.25. The van der Waals surface area contributed by atoms with Crippen LogP contribution in [0.3, 0.4) is 0 Å². The zero-order valence-electron chi connectivity index (χ0n) is 15.4. The second kappa shape index (κ2) is 9.57. The smallest absolute Gasteiger partial charge is 0.254 e. The number of carbonyl (C=O) groups excluding carboxylic acids is 1. The van der Waals surface area contributed by atoms with Gasteiger partial charge >= 0.3 is 0 Å². The molecule has 2 aromatic carbocycles. The minimum absolute atomic E-state index is 0.0796. The van der Waals surface area contributed by atoms with Crippen molar-refractivity contribution in [3.63, 3.8) is 0 Å². The summed E-state index contributed by atoms with van der Waals surface area (Å²) in [4.78, 5) is 29.3. The van der Waals surface area contributed by atoms with E-state index in [9.17, 15) is 9.59 Å². The van der Waals surface area contributed by atoms with Crippen LogP contribution < -0.4 is 10.9 Å². The molecule has 0 aliphatic carbocycles. The maximum Gasteiger partial charge on any atom is 0.254 e. The Balaban J connectivity index is 1.72. The van der Waals surface area contributed by atoms with Crippen molar-refractivity contribution in [2.45, 2.75) is 30.9 Å². The lowest BCUT2D eigenvalue weighted by molar-refractivity contribution is -0.122. The number of halogens is 1. The zero-order valence-corrected chi connectivity index (χ0v) is 17.0. The van der Waals surface area contributed by atoms with Gasteiger partial charge in [-0.2, -0.15) is 0 Å². The maximum atomic E-state index is 12.5. The van der Waals surface area contributed by atoms with E-state index in [1.165, 1.54) is 22.4 Å². The Morgan fingerprint density at radius 3 is 2.61 bits per heavy atom. The van der Waals surface area contributed by atoms with Gasteiger partial charge in [0.25, 0.3) is 5.56 Å². The number of amides is 1. The van der Waals surface area contributed by atoms with E-state index in [2.05, 4.69) is 10.3 Å². The Morgan fingerprint density at radius 2 is 1.86 bits per heavy atom. The number of hydrogen-bond acceptors (Lipinski definition) is 4. The molecule has 1 aromatic heterocycles. The summed E-state index contributed by atoms with van der Waals surface area (Å²) in [5.41, 5.74) is 2.32. The summed E-state index contributed by atoms with van der Waals surface area (Å²) in [6, 6.07) is 18.6. The Labute approximate surface area is 172 Å². The van der Waals surface area contributed by atoms with Crippen molar-refractivity contribution in [3.05, 3.63) is 92.9 Å². The summed E-state index contributed by atoms with van der Waals surface area (Å²) in [5.74, 6) is 0.317. The highest BCUT2D eigenvalue weighted by Gasteiger charge is 2.13. The van der Waals surface area contributed by atoms with Crippen molar-refractivity contribution in [1.82, 2.24) is 14.9 Å². The van der Waals surface area contributed by atoms with Gasteiger partial charge in [-0.25, -0.2) is 4.98 Å². The molecular weight excluding hydrogens is 394 g/mol. The molecule has 1 heterocycles. The van der Waals surface area contributed by atoms with Gasteiger partial charge in [-0.1, -0.05) is 71.9 Å². The van der Waals surface area contributed by atoms with Crippen molar-refractivity contribution >= 4 is 29.3 Å². The van der Waals surface area contributed by atoms with Crippen LogP contribution in [0, 0.1) is 6.92 Å². The molecule has 0 aliphatic rings. The Morgan fingerprint density at radius 1 is 1.14 bits per heavy atom. The van der Waals surface area contributed by atoms with Gasteiger partial charge in [-0.3, -0.25) is 14.2 Å². The number of benzene rings is 2. The van der Waals surface area contributed by atoms with E-state index in [1.54, 1.807) is 6.92 Å². The molecule has 0 aliphatic heterocycles. The largest absolute Gasteiger partial charge is 0.350 e. The van der Waals surface area contributed by atoms with Crippen LogP contribution in [-0.2, 0) is 23.6 Å². The molecule has 0 saturated carbocycles. The second-order valence-corrected chi connectivity index (χ2v) is 7.60. The van der Waals surface area contributed by atoms with E-state index in [0.29, 0.717) is 28.2 Å². The molecule has 0 spiro atoms. The minimum Gasteiger partial charge on any atom is -0.350 e. The van der Waals surface area contributed by atoms with Gasteiger partial charge in [0.05, 0.1) is 0 Å². The molecule has 0 bridgehead atoms. The molecule has 1 amide bonds. The third kappa shape index (κ3) is 5.47. The molecule has 0 radical (unpaired) electrons. The molecule has 7 heteroatoms. The summed E-state index contributed by atoms with van der Waals surface area (Å²) in [5, 5.41) is 4.01. The van der Waals surface area contributed by atoms with Gasteiger partial charge < -0.3 is 5.32 Å². The zero-order chi connectivity index (χ0) is 19.9. The van der Waals surface area contributed by atoms with Gasteiger partial charge in [-0.15, -0.1) is 0 Å². The molecule has 0 saturated heterocycles. The number of rotatable bonds is 7. The average Bonchev–Trinajstić information content (AvgIpc) is 2.69. The molecule has 0 atom stereocenters. The molecule has 28 heavy (non-hydrogen) atoms. The topological polar surface area (TPSA) is 64.0 Å². The molecular formula is C21H20ClN3O2S. The fourth-order valence-corrected chi connectivity index (χ4v) is 3.94. The highest BCUT2D eigenvalue weighted by Crippen LogP contribution is 2.25. The number of aryl methyl sites for hydroxylation is 1. The van der Waals surface area contributed by atoms with Crippen LogP contribution in [0.25, 0.3) is 0 Å². The molecule has 0 fully saturated rings. The van der Waals surface area contributed by atoms with Crippen LogP contribution >= 0.6 is 23.4 Å². The summed E-state index contributed by atoms with van der Waals surface area (Å²) in [6.45, 7) is 2.10. The van der Waals surface area contributed by atoms with E-state index < -0.39 is 0 Å². The van der Waals surface area contributed by atoms with Crippen LogP contribution in [0.4, 0.5) is 0 Å². The number of nitrogens with zero attached hydrogens (tertiary/aromatic N) is 2. The lowest BCUT2D eigenvalue weighted by atomic mass is 10.2. The van der Waals surface area contributed by atoms with Crippen LogP contribution in [0.2, 0.25) is 5.02 Å². The SMILES string of the molecule is Cc1cc(=O)n(CC(=O)NCc2ccccc2)c(SCc2ccccc2Cl)n1. The fraction of sp³-hybridized carbons (Fsp3) is 0.190. The lowest BCUT2D eigenvalue weighted by Gasteiger charge is -2.13. The van der Waals surface area contributed by atoms with E-state index >= 15 is 0 Å². The molecule has 3 rings (SSSR count). The third-order valence-electron chi connectivity index (χ3n) is 4.05. The number of nitrogens with one attached hydrogen (secondary N) is 1. The van der Waals surface area contributed by atoms with Crippen LogP contribution in [-0.4, -0.2) is 15.5 Å². The van der Waals surface area contributed by atoms with Crippen LogP contribution in [0.15, 0.2) is 70.6 Å². The summed E-state index contributed by atoms with van der Waals surface area (Å²) in [6.07, 6.45) is 0. The highest BCUT2D eigenvalue weighted by atomic mass is 35.5. The van der Waals surface area contributed by atoms with Gasteiger partial charge in [0.2, 0.25) is 5.91 Å². The monoisotopic (exact) mass is 413 g/mol. The Hall–Kier alpha value is -2.57. The van der Waals surface area contributed by atoms with Crippen LogP contribution in [0.1, 0.15) is 16.8 Å². The summed E-state index contributed by atoms with van der Waals surface area (Å²) >= 11 is 7.60. The van der Waals surface area contributed by atoms with E-state index in [-0.39, 0.29) is 18.0 Å². The quantitative estimate of drug-likeness (QED) is 0.472. The van der Waals surface area contributed by atoms with Gasteiger partial charge in [0.1, 0.15) is 6.54 Å². The van der Waals surface area contributed by atoms with Gasteiger partial charge in [0, 0.05) is 29.1 Å². The van der Waals surface area contributed by atoms with Gasteiger partial charge in [0.15, 0.2) is 5.16 Å². The predicted molar refractivity (Wildman–Crippen MR) is 113 cm³/mol. The van der Waals surface area contributed by atoms with Crippen molar-refractivity contribution < 1.29 is 4.79 Å². The fourth-order valence-electron chi connectivity index (χ4n) is 2.60. The average molecular weight is 414 g/mol. The highest BCUT2D eigenvalue weighted by molar-refractivity contribution is 7.98. The first-order chi connectivity index (χ1) is 13.5. The van der Waals surface area contributed by atoms with Crippen molar-refractivity contribution in [2.24, 2.45) is 0 Å². The van der Waals surface area contributed by atoms with Gasteiger partial charge in [-0.05, 0) is 24.1 Å². The van der Waals surface area contributed by atoms with Crippen molar-refractivity contribution in [2.75, 3.05) is 0 Å². The maximum absolute atomic E-state index is 12.5. The number of aromatic nitrogens is 2. The van der Waals surface area contributed by atoms with Crippen LogP contribution in [0.5, 0.6) is 0 Å². The van der Waals surface area contributed by atoms with Crippen molar-refractivity contribution in [3.8, 4) is 0 Å². The number of carbonyl (C=O) groups is 1. The number of thioether (sulfide) groups is 1. The normalized spacial score (nSPS) is 10.6. The lowest BCUT2D eigenvalue weighted by Crippen LogP contribution is -2.33. The van der Waals surface area contributed by atoms with E-state index in [0.717, 1.165) is 11.1 Å². The molecule has 3 aromatic rings. The summed E-state index contributed by atoms with van der Waals surface area (Å²) < 4.78 is 1.40.